The Morgan fingerprint density at radius 2 is 2.00 bits per heavy atom. The normalized spacial score (nSPS) is 11.3. The van der Waals surface area contributed by atoms with E-state index in [4.69, 9.17) is 14.1 Å². The van der Waals surface area contributed by atoms with Crippen LogP contribution in [0.2, 0.25) is 0 Å². The molecule has 4 rings (SSSR count). The Labute approximate surface area is 180 Å². The predicted octanol–water partition coefficient (Wildman–Crippen LogP) is 5.29. The van der Waals surface area contributed by atoms with Crippen LogP contribution in [0.25, 0.3) is 22.2 Å². The van der Waals surface area contributed by atoms with Crippen molar-refractivity contribution >= 4 is 23.0 Å². The Morgan fingerprint density at radius 3 is 2.81 bits per heavy atom. The molecule has 0 bridgehead atoms. The summed E-state index contributed by atoms with van der Waals surface area (Å²) in [7, 11) is 0. The lowest BCUT2D eigenvalue weighted by Crippen LogP contribution is -2.18. The van der Waals surface area contributed by atoms with Crippen LogP contribution >= 0.6 is 0 Å². The van der Waals surface area contributed by atoms with Gasteiger partial charge < -0.3 is 9.15 Å². The Bertz CT molecular complexity index is 1210. The second-order valence-corrected chi connectivity index (χ2v) is 7.52. The summed E-state index contributed by atoms with van der Waals surface area (Å²) in [6.45, 7) is 4.85. The first-order chi connectivity index (χ1) is 15.1. The highest BCUT2D eigenvalue weighted by Crippen LogP contribution is 2.27. The number of rotatable bonds is 7. The molecule has 6 nitrogen and oxygen atoms in total. The van der Waals surface area contributed by atoms with E-state index in [1.165, 1.54) is 6.21 Å². The number of ether oxygens (including phenoxy) is 1. The second kappa shape index (κ2) is 9.26. The summed E-state index contributed by atoms with van der Waals surface area (Å²) in [5.74, 6) is 1.43. The molecule has 6 heteroatoms. The molecule has 1 amide bonds. The molecular formula is C25H23N3O3. The third kappa shape index (κ3) is 4.98. The van der Waals surface area contributed by atoms with Gasteiger partial charge in [0.2, 0.25) is 0 Å². The molecule has 2 aromatic carbocycles. The van der Waals surface area contributed by atoms with E-state index >= 15 is 0 Å². The maximum Gasteiger partial charge on any atom is 0.272 e. The van der Waals surface area contributed by atoms with Crippen molar-refractivity contribution in [2.75, 3.05) is 6.61 Å². The van der Waals surface area contributed by atoms with Crippen molar-refractivity contribution < 1.29 is 13.9 Å². The van der Waals surface area contributed by atoms with Gasteiger partial charge in [-0.05, 0) is 42.3 Å². The molecule has 31 heavy (non-hydrogen) atoms. The zero-order chi connectivity index (χ0) is 21.6. The van der Waals surface area contributed by atoms with Gasteiger partial charge in [-0.2, -0.15) is 5.10 Å². The van der Waals surface area contributed by atoms with Crippen LogP contribution < -0.4 is 10.2 Å². The van der Waals surface area contributed by atoms with Crippen molar-refractivity contribution in [1.29, 1.82) is 0 Å². The Morgan fingerprint density at radius 1 is 1.13 bits per heavy atom. The van der Waals surface area contributed by atoms with Gasteiger partial charge in [0.25, 0.3) is 5.91 Å². The number of carbonyl (C=O) groups excluding carboxylic acids is 1. The van der Waals surface area contributed by atoms with Gasteiger partial charge in [-0.3, -0.25) is 4.79 Å². The fraction of sp³-hybridized carbons (Fsp3) is 0.160. The summed E-state index contributed by atoms with van der Waals surface area (Å²) in [6, 6.07) is 20.6. The summed E-state index contributed by atoms with van der Waals surface area (Å²) < 4.78 is 11.0. The summed E-state index contributed by atoms with van der Waals surface area (Å²) in [4.78, 5) is 17.7. The van der Waals surface area contributed by atoms with Gasteiger partial charge in [0, 0.05) is 10.9 Å². The minimum atomic E-state index is -0.324. The maximum absolute atomic E-state index is 12.9. The molecule has 2 aromatic heterocycles. The summed E-state index contributed by atoms with van der Waals surface area (Å²) >= 11 is 0. The molecular weight excluding hydrogens is 390 g/mol. The molecule has 0 radical (unpaired) electrons. The summed E-state index contributed by atoms with van der Waals surface area (Å²) in [5.41, 5.74) is 5.36. The highest BCUT2D eigenvalue weighted by Gasteiger charge is 2.14. The molecule has 156 valence electrons. The molecule has 2 heterocycles. The lowest BCUT2D eigenvalue weighted by atomic mass is 10.0. The van der Waals surface area contributed by atoms with Crippen molar-refractivity contribution in [3.05, 3.63) is 84.3 Å². The molecule has 1 N–H and O–H groups in total. The van der Waals surface area contributed by atoms with E-state index in [-0.39, 0.29) is 5.91 Å². The van der Waals surface area contributed by atoms with Gasteiger partial charge in [0.1, 0.15) is 11.5 Å². The van der Waals surface area contributed by atoms with E-state index in [1.54, 1.807) is 24.5 Å². The summed E-state index contributed by atoms with van der Waals surface area (Å²) in [5, 5.41) is 4.75. The minimum absolute atomic E-state index is 0.324. The van der Waals surface area contributed by atoms with Gasteiger partial charge in [-0.25, -0.2) is 10.4 Å². The minimum Gasteiger partial charge on any atom is -0.493 e. The molecule has 0 unspecified atom stereocenters. The SMILES string of the molecule is CC(C)COc1cccc(-c2cc(C(=O)N/N=C/c3ccco3)c3ccccc3n2)c1. The van der Waals surface area contributed by atoms with Crippen LogP contribution in [0.5, 0.6) is 5.75 Å². The average Bonchev–Trinajstić information content (AvgIpc) is 3.30. The smallest absolute Gasteiger partial charge is 0.272 e. The first kappa shape index (κ1) is 20.3. The van der Waals surface area contributed by atoms with Crippen LogP contribution in [0.3, 0.4) is 0 Å². The zero-order valence-electron chi connectivity index (χ0n) is 17.4. The van der Waals surface area contributed by atoms with E-state index in [0.717, 1.165) is 22.2 Å². The summed E-state index contributed by atoms with van der Waals surface area (Å²) in [6.07, 6.45) is 3.00. The maximum atomic E-state index is 12.9. The van der Waals surface area contributed by atoms with E-state index in [2.05, 4.69) is 24.4 Å². The third-order valence-electron chi connectivity index (χ3n) is 4.58. The van der Waals surface area contributed by atoms with Gasteiger partial charge >= 0.3 is 0 Å². The second-order valence-electron chi connectivity index (χ2n) is 7.52. The van der Waals surface area contributed by atoms with E-state index in [9.17, 15) is 4.79 Å². The molecule has 0 saturated carbocycles. The lowest BCUT2D eigenvalue weighted by Gasteiger charge is -2.11. The van der Waals surface area contributed by atoms with Crippen LogP contribution in [0.4, 0.5) is 0 Å². The molecule has 0 saturated heterocycles. The highest BCUT2D eigenvalue weighted by atomic mass is 16.5. The number of fused-ring (bicyclic) bond motifs is 1. The quantitative estimate of drug-likeness (QED) is 0.330. The van der Waals surface area contributed by atoms with Gasteiger partial charge in [-0.15, -0.1) is 0 Å². The number of hydrazone groups is 1. The van der Waals surface area contributed by atoms with E-state index in [1.807, 2.05) is 48.5 Å². The monoisotopic (exact) mass is 413 g/mol. The number of hydrogen-bond donors (Lipinski definition) is 1. The molecule has 0 atom stereocenters. The Kier molecular flexibility index (Phi) is 6.08. The number of pyridine rings is 1. The standard InChI is InChI=1S/C25H23N3O3/c1-17(2)16-31-19-8-5-7-18(13-19)24-14-22(21-10-3-4-11-23(21)27-24)25(29)28-26-15-20-9-6-12-30-20/h3-15,17H,16H2,1-2H3,(H,28,29)/b26-15+. The topological polar surface area (TPSA) is 76.7 Å². The Balaban J connectivity index is 1.66. The Hall–Kier alpha value is -3.93. The first-order valence-corrected chi connectivity index (χ1v) is 10.1. The molecule has 0 aliphatic rings. The lowest BCUT2D eigenvalue weighted by molar-refractivity contribution is 0.0956. The number of nitrogens with one attached hydrogen (secondary N) is 1. The van der Waals surface area contributed by atoms with E-state index in [0.29, 0.717) is 29.5 Å². The fourth-order valence-electron chi connectivity index (χ4n) is 3.10. The number of hydrogen-bond acceptors (Lipinski definition) is 5. The number of benzene rings is 2. The number of furan rings is 1. The van der Waals surface area contributed by atoms with Crippen LogP contribution in [0, 0.1) is 5.92 Å². The largest absolute Gasteiger partial charge is 0.493 e. The van der Waals surface area contributed by atoms with Crippen molar-refractivity contribution in [3.8, 4) is 17.0 Å². The first-order valence-electron chi connectivity index (χ1n) is 10.1. The van der Waals surface area contributed by atoms with Crippen molar-refractivity contribution in [3.63, 3.8) is 0 Å². The van der Waals surface area contributed by atoms with Crippen LogP contribution in [-0.2, 0) is 0 Å². The predicted molar refractivity (Wildman–Crippen MR) is 121 cm³/mol. The highest BCUT2D eigenvalue weighted by molar-refractivity contribution is 6.07. The zero-order valence-corrected chi connectivity index (χ0v) is 17.4. The molecule has 0 fully saturated rings. The van der Waals surface area contributed by atoms with Crippen LogP contribution in [0.1, 0.15) is 30.0 Å². The van der Waals surface area contributed by atoms with Crippen LogP contribution in [0.15, 0.2) is 82.5 Å². The van der Waals surface area contributed by atoms with Gasteiger partial charge in [0.15, 0.2) is 0 Å². The van der Waals surface area contributed by atoms with Crippen molar-refractivity contribution in [2.45, 2.75) is 13.8 Å². The molecule has 0 aliphatic heterocycles. The average molecular weight is 413 g/mol. The third-order valence-corrected chi connectivity index (χ3v) is 4.58. The van der Waals surface area contributed by atoms with E-state index < -0.39 is 0 Å². The molecule has 0 spiro atoms. The van der Waals surface area contributed by atoms with Gasteiger partial charge in [-0.1, -0.05) is 44.2 Å². The number of carbonyl (C=O) groups is 1. The number of amides is 1. The van der Waals surface area contributed by atoms with Crippen LogP contribution in [-0.4, -0.2) is 23.7 Å². The van der Waals surface area contributed by atoms with Gasteiger partial charge in [0.05, 0.1) is 35.9 Å². The van der Waals surface area contributed by atoms with Crippen molar-refractivity contribution in [1.82, 2.24) is 10.4 Å². The number of nitrogens with zero attached hydrogens (tertiary/aromatic N) is 2. The molecule has 4 aromatic rings. The molecule has 0 aliphatic carbocycles. The van der Waals surface area contributed by atoms with Crippen molar-refractivity contribution in [2.24, 2.45) is 11.0 Å². The number of aromatic nitrogens is 1. The fourth-order valence-corrected chi connectivity index (χ4v) is 3.10. The number of para-hydroxylation sites is 1.